The molecule has 0 bridgehead atoms. The predicted molar refractivity (Wildman–Crippen MR) is 81.4 cm³/mol. The van der Waals surface area contributed by atoms with Crippen molar-refractivity contribution in [2.45, 2.75) is 24.8 Å². The highest BCUT2D eigenvalue weighted by Gasteiger charge is 2.07. The Hall–Kier alpha value is -1.41. The van der Waals surface area contributed by atoms with Crippen LogP contribution < -0.4 is 5.32 Å². The second-order valence-electron chi connectivity index (χ2n) is 4.48. The quantitative estimate of drug-likeness (QED) is 0.783. The van der Waals surface area contributed by atoms with E-state index in [0.29, 0.717) is 6.04 Å². The van der Waals surface area contributed by atoms with E-state index < -0.39 is 0 Å². The Labute approximate surface area is 114 Å². The number of anilines is 1. The standard InChI is InChI=1S/C16H19NS/c1-12-7-6-8-14(11-12)13(2)17-15-9-4-5-10-16(15)18-3/h4-11,13,17H,1-3H3. The first-order valence-electron chi connectivity index (χ1n) is 6.17. The summed E-state index contributed by atoms with van der Waals surface area (Å²) in [6, 6.07) is 17.4. The van der Waals surface area contributed by atoms with E-state index in [1.807, 2.05) is 0 Å². The monoisotopic (exact) mass is 257 g/mol. The Bertz CT molecular complexity index is 522. The van der Waals surface area contributed by atoms with Gasteiger partial charge in [0.2, 0.25) is 0 Å². The fraction of sp³-hybridized carbons (Fsp3) is 0.250. The van der Waals surface area contributed by atoms with Crippen molar-refractivity contribution >= 4 is 17.4 Å². The smallest absolute Gasteiger partial charge is 0.0486 e. The van der Waals surface area contributed by atoms with Gasteiger partial charge in [-0.1, -0.05) is 42.0 Å². The summed E-state index contributed by atoms with van der Waals surface area (Å²) in [6.45, 7) is 4.33. The summed E-state index contributed by atoms with van der Waals surface area (Å²) in [5, 5.41) is 3.58. The van der Waals surface area contributed by atoms with Crippen molar-refractivity contribution in [2.24, 2.45) is 0 Å². The maximum absolute atomic E-state index is 3.58. The van der Waals surface area contributed by atoms with Crippen LogP contribution in [0.15, 0.2) is 53.4 Å². The lowest BCUT2D eigenvalue weighted by atomic mass is 10.1. The van der Waals surface area contributed by atoms with Gasteiger partial charge in [-0.15, -0.1) is 11.8 Å². The largest absolute Gasteiger partial charge is 0.378 e. The normalized spacial score (nSPS) is 12.2. The second-order valence-corrected chi connectivity index (χ2v) is 5.33. The number of thioether (sulfide) groups is 1. The maximum atomic E-state index is 3.58. The lowest BCUT2D eigenvalue weighted by Gasteiger charge is -2.18. The zero-order chi connectivity index (χ0) is 13.0. The van der Waals surface area contributed by atoms with Crippen molar-refractivity contribution in [1.82, 2.24) is 0 Å². The van der Waals surface area contributed by atoms with Crippen LogP contribution in [0.25, 0.3) is 0 Å². The predicted octanol–water partition coefficient (Wildman–Crippen LogP) is 4.89. The first kappa shape index (κ1) is 13.0. The van der Waals surface area contributed by atoms with E-state index in [2.05, 4.69) is 74.0 Å². The lowest BCUT2D eigenvalue weighted by Crippen LogP contribution is -2.07. The summed E-state index contributed by atoms with van der Waals surface area (Å²) < 4.78 is 0. The highest BCUT2D eigenvalue weighted by Crippen LogP contribution is 2.28. The van der Waals surface area contributed by atoms with E-state index in [0.717, 1.165) is 0 Å². The number of para-hydroxylation sites is 1. The molecule has 0 aliphatic rings. The molecule has 1 N–H and O–H groups in total. The Balaban J connectivity index is 2.18. The van der Waals surface area contributed by atoms with Crippen molar-refractivity contribution in [3.63, 3.8) is 0 Å². The third kappa shape index (κ3) is 3.08. The molecule has 0 spiro atoms. The highest BCUT2D eigenvalue weighted by atomic mass is 32.2. The number of hydrogen-bond donors (Lipinski definition) is 1. The molecule has 2 aromatic carbocycles. The molecule has 1 nitrogen and oxygen atoms in total. The van der Waals surface area contributed by atoms with Gasteiger partial charge in [0, 0.05) is 16.6 Å². The van der Waals surface area contributed by atoms with E-state index in [9.17, 15) is 0 Å². The van der Waals surface area contributed by atoms with Crippen LogP contribution >= 0.6 is 11.8 Å². The van der Waals surface area contributed by atoms with Gasteiger partial charge in [0.15, 0.2) is 0 Å². The van der Waals surface area contributed by atoms with Crippen molar-refractivity contribution in [3.8, 4) is 0 Å². The summed E-state index contributed by atoms with van der Waals surface area (Å²) >= 11 is 1.77. The van der Waals surface area contributed by atoms with Crippen LogP contribution in [-0.2, 0) is 0 Å². The second kappa shape index (κ2) is 5.96. The van der Waals surface area contributed by atoms with E-state index in [4.69, 9.17) is 0 Å². The molecule has 0 saturated carbocycles. The number of nitrogens with one attached hydrogen (secondary N) is 1. The Morgan fingerprint density at radius 3 is 2.56 bits per heavy atom. The molecule has 0 heterocycles. The molecular weight excluding hydrogens is 238 g/mol. The molecule has 2 rings (SSSR count). The van der Waals surface area contributed by atoms with Gasteiger partial charge in [0.1, 0.15) is 0 Å². The van der Waals surface area contributed by atoms with Crippen molar-refractivity contribution in [1.29, 1.82) is 0 Å². The number of rotatable bonds is 4. The molecule has 0 amide bonds. The van der Waals surface area contributed by atoms with E-state index in [1.54, 1.807) is 11.8 Å². The van der Waals surface area contributed by atoms with Gasteiger partial charge in [-0.3, -0.25) is 0 Å². The van der Waals surface area contributed by atoms with Gasteiger partial charge in [-0.25, -0.2) is 0 Å². The number of hydrogen-bond acceptors (Lipinski definition) is 2. The average molecular weight is 257 g/mol. The van der Waals surface area contributed by atoms with E-state index in [1.165, 1.54) is 21.7 Å². The van der Waals surface area contributed by atoms with Crippen LogP contribution in [0.1, 0.15) is 24.1 Å². The molecule has 0 fully saturated rings. The first-order chi connectivity index (χ1) is 8.70. The minimum absolute atomic E-state index is 0.318. The molecule has 94 valence electrons. The molecule has 1 unspecified atom stereocenters. The molecular formula is C16H19NS. The SMILES string of the molecule is CSc1ccccc1NC(C)c1cccc(C)c1. The lowest BCUT2D eigenvalue weighted by molar-refractivity contribution is 0.878. The summed E-state index contributed by atoms with van der Waals surface area (Å²) in [5.74, 6) is 0. The van der Waals surface area contributed by atoms with Crippen LogP contribution in [0.2, 0.25) is 0 Å². The topological polar surface area (TPSA) is 12.0 Å². The van der Waals surface area contributed by atoms with Crippen molar-refractivity contribution in [3.05, 3.63) is 59.7 Å². The summed E-state index contributed by atoms with van der Waals surface area (Å²) in [4.78, 5) is 1.29. The van der Waals surface area contributed by atoms with Gasteiger partial charge in [-0.05, 0) is 37.8 Å². The number of benzene rings is 2. The van der Waals surface area contributed by atoms with Crippen LogP contribution in [0, 0.1) is 6.92 Å². The molecule has 0 aliphatic carbocycles. The fourth-order valence-corrected chi connectivity index (χ4v) is 2.58. The number of aryl methyl sites for hydroxylation is 1. The molecule has 0 radical (unpaired) electrons. The molecule has 2 heteroatoms. The van der Waals surface area contributed by atoms with Gasteiger partial charge in [0.25, 0.3) is 0 Å². The highest BCUT2D eigenvalue weighted by molar-refractivity contribution is 7.98. The Morgan fingerprint density at radius 2 is 1.83 bits per heavy atom. The fourth-order valence-electron chi connectivity index (χ4n) is 2.02. The summed E-state index contributed by atoms with van der Waals surface area (Å²) in [7, 11) is 0. The molecule has 1 atom stereocenters. The van der Waals surface area contributed by atoms with Gasteiger partial charge in [-0.2, -0.15) is 0 Å². The van der Waals surface area contributed by atoms with Crippen LogP contribution in [0.5, 0.6) is 0 Å². The summed E-state index contributed by atoms with van der Waals surface area (Å²) in [6.07, 6.45) is 2.11. The summed E-state index contributed by atoms with van der Waals surface area (Å²) in [5.41, 5.74) is 3.84. The Kier molecular flexibility index (Phi) is 4.32. The van der Waals surface area contributed by atoms with Crippen molar-refractivity contribution in [2.75, 3.05) is 11.6 Å². The third-order valence-corrected chi connectivity index (χ3v) is 3.82. The van der Waals surface area contributed by atoms with Crippen molar-refractivity contribution < 1.29 is 0 Å². The zero-order valence-electron chi connectivity index (χ0n) is 11.1. The molecule has 18 heavy (non-hydrogen) atoms. The van der Waals surface area contributed by atoms with E-state index in [-0.39, 0.29) is 0 Å². The van der Waals surface area contributed by atoms with Crippen LogP contribution in [0.3, 0.4) is 0 Å². The first-order valence-corrected chi connectivity index (χ1v) is 7.39. The third-order valence-electron chi connectivity index (χ3n) is 3.02. The average Bonchev–Trinajstić information content (AvgIpc) is 2.39. The van der Waals surface area contributed by atoms with Gasteiger partial charge >= 0.3 is 0 Å². The van der Waals surface area contributed by atoms with Gasteiger partial charge < -0.3 is 5.32 Å². The molecule has 2 aromatic rings. The Morgan fingerprint density at radius 1 is 1.06 bits per heavy atom. The minimum atomic E-state index is 0.318. The molecule has 0 aromatic heterocycles. The minimum Gasteiger partial charge on any atom is -0.378 e. The van der Waals surface area contributed by atoms with Gasteiger partial charge in [0.05, 0.1) is 0 Å². The molecule has 0 aliphatic heterocycles. The van der Waals surface area contributed by atoms with E-state index >= 15 is 0 Å². The maximum Gasteiger partial charge on any atom is 0.0486 e. The van der Waals surface area contributed by atoms with Crippen LogP contribution in [0.4, 0.5) is 5.69 Å². The van der Waals surface area contributed by atoms with Crippen LogP contribution in [-0.4, -0.2) is 6.26 Å². The molecule has 0 saturated heterocycles. The zero-order valence-corrected chi connectivity index (χ0v) is 11.9.